The number of methoxy groups -OCH3 is 3. The molecule has 0 saturated carbocycles. The molecule has 1 heterocycles. The fraction of sp³-hybridized carbons (Fsp3) is 0.333. The lowest BCUT2D eigenvalue weighted by Gasteiger charge is -2.13. The second-order valence-electron chi connectivity index (χ2n) is 5.98. The Kier molecular flexibility index (Phi) is 6.82. The van der Waals surface area contributed by atoms with Crippen molar-refractivity contribution in [1.29, 1.82) is 0 Å². The van der Waals surface area contributed by atoms with Gasteiger partial charge in [0.2, 0.25) is 0 Å². The lowest BCUT2D eigenvalue weighted by molar-refractivity contribution is 0.0555. The molecule has 1 aromatic carbocycles. The number of benzene rings is 1. The molecule has 27 heavy (non-hydrogen) atoms. The topological polar surface area (TPSA) is 66.8 Å². The van der Waals surface area contributed by atoms with Crippen LogP contribution in [0.3, 0.4) is 0 Å². The van der Waals surface area contributed by atoms with Gasteiger partial charge in [0.1, 0.15) is 5.75 Å². The molecule has 0 unspecified atom stereocenters. The van der Waals surface area contributed by atoms with Gasteiger partial charge in [-0.1, -0.05) is 6.08 Å². The van der Waals surface area contributed by atoms with Gasteiger partial charge in [-0.3, -0.25) is 0 Å². The summed E-state index contributed by atoms with van der Waals surface area (Å²) in [6, 6.07) is 7.42. The first-order chi connectivity index (χ1) is 13.0. The predicted molar refractivity (Wildman–Crippen MR) is 103 cm³/mol. The molecule has 1 aromatic heterocycles. The predicted octanol–water partition coefficient (Wildman–Crippen LogP) is 3.88. The average molecular weight is 371 g/mol. The van der Waals surface area contributed by atoms with Gasteiger partial charge in [-0.2, -0.15) is 0 Å². The standard InChI is InChI=1S/C21H25NO5/c1-6-7-8-9-17-19(21(24)27-5)18(20(23)26-4)14(2)22(17)15-10-12-16(25-3)13-11-15/h6,10-13H,1,7-9H2,2-5H3. The maximum atomic E-state index is 12.5. The fourth-order valence-electron chi connectivity index (χ4n) is 3.16. The van der Waals surface area contributed by atoms with Crippen LogP contribution in [0.15, 0.2) is 36.9 Å². The molecule has 144 valence electrons. The fourth-order valence-corrected chi connectivity index (χ4v) is 3.16. The van der Waals surface area contributed by atoms with Crippen molar-refractivity contribution < 1.29 is 23.8 Å². The monoisotopic (exact) mass is 371 g/mol. The van der Waals surface area contributed by atoms with E-state index >= 15 is 0 Å². The molecule has 0 aliphatic carbocycles. The van der Waals surface area contributed by atoms with Gasteiger partial charge >= 0.3 is 11.9 Å². The van der Waals surface area contributed by atoms with Gasteiger partial charge in [-0.05, 0) is 50.5 Å². The molecule has 2 aromatic rings. The molecule has 0 N–H and O–H groups in total. The minimum Gasteiger partial charge on any atom is -0.497 e. The van der Waals surface area contributed by atoms with Crippen molar-refractivity contribution in [3.63, 3.8) is 0 Å². The van der Waals surface area contributed by atoms with E-state index in [4.69, 9.17) is 14.2 Å². The van der Waals surface area contributed by atoms with Crippen molar-refractivity contribution >= 4 is 11.9 Å². The highest BCUT2D eigenvalue weighted by atomic mass is 16.5. The molecule has 0 atom stereocenters. The van der Waals surface area contributed by atoms with E-state index in [0.717, 1.165) is 24.3 Å². The second-order valence-corrected chi connectivity index (χ2v) is 5.98. The number of carbonyl (C=O) groups excluding carboxylic acids is 2. The van der Waals surface area contributed by atoms with Crippen LogP contribution in [0.4, 0.5) is 0 Å². The maximum Gasteiger partial charge on any atom is 0.340 e. The number of rotatable bonds is 8. The summed E-state index contributed by atoms with van der Waals surface area (Å²) in [6.07, 6.45) is 3.99. The van der Waals surface area contributed by atoms with Crippen molar-refractivity contribution in [2.45, 2.75) is 26.2 Å². The van der Waals surface area contributed by atoms with Crippen LogP contribution >= 0.6 is 0 Å². The summed E-state index contributed by atoms with van der Waals surface area (Å²) in [5, 5.41) is 0. The molecule has 0 spiro atoms. The third-order valence-corrected chi connectivity index (χ3v) is 4.44. The summed E-state index contributed by atoms with van der Waals surface area (Å²) in [5.41, 5.74) is 2.64. The minimum absolute atomic E-state index is 0.230. The number of ether oxygens (including phenoxy) is 3. The van der Waals surface area contributed by atoms with Gasteiger partial charge < -0.3 is 18.8 Å². The van der Waals surface area contributed by atoms with Crippen molar-refractivity contribution in [2.24, 2.45) is 0 Å². The van der Waals surface area contributed by atoms with Crippen LogP contribution in [0.1, 0.15) is 44.9 Å². The number of nitrogens with zero attached hydrogens (tertiary/aromatic N) is 1. The normalized spacial score (nSPS) is 10.4. The number of hydrogen-bond acceptors (Lipinski definition) is 5. The second kappa shape index (κ2) is 9.07. The zero-order chi connectivity index (χ0) is 20.0. The summed E-state index contributed by atoms with van der Waals surface area (Å²) in [4.78, 5) is 24.9. The summed E-state index contributed by atoms with van der Waals surface area (Å²) in [5.74, 6) is -0.400. The molecule has 6 heteroatoms. The van der Waals surface area contributed by atoms with E-state index in [2.05, 4.69) is 6.58 Å². The summed E-state index contributed by atoms with van der Waals surface area (Å²) >= 11 is 0. The van der Waals surface area contributed by atoms with Gasteiger partial charge in [0.15, 0.2) is 0 Å². The number of carbonyl (C=O) groups is 2. The van der Waals surface area contributed by atoms with Crippen LogP contribution < -0.4 is 4.74 Å². The summed E-state index contributed by atoms with van der Waals surface area (Å²) in [7, 11) is 4.20. The van der Waals surface area contributed by atoms with Gasteiger partial charge in [0, 0.05) is 17.1 Å². The molecule has 0 radical (unpaired) electrons. The zero-order valence-electron chi connectivity index (χ0n) is 16.2. The van der Waals surface area contributed by atoms with Crippen molar-refractivity contribution in [3.05, 3.63) is 59.4 Å². The number of hydrogen-bond donors (Lipinski definition) is 0. The molecule has 0 bridgehead atoms. The Balaban J connectivity index is 2.74. The molecule has 2 rings (SSSR count). The Morgan fingerprint density at radius 1 is 1.04 bits per heavy atom. The van der Waals surface area contributed by atoms with Crippen LogP contribution in [0, 0.1) is 6.92 Å². The number of unbranched alkanes of at least 4 members (excludes halogenated alkanes) is 1. The van der Waals surface area contributed by atoms with Crippen LogP contribution in [0.2, 0.25) is 0 Å². The van der Waals surface area contributed by atoms with Crippen LogP contribution in [-0.2, 0) is 15.9 Å². The van der Waals surface area contributed by atoms with E-state index in [-0.39, 0.29) is 11.1 Å². The van der Waals surface area contributed by atoms with Gasteiger partial charge in [-0.15, -0.1) is 6.58 Å². The van der Waals surface area contributed by atoms with Crippen molar-refractivity contribution in [1.82, 2.24) is 4.57 Å². The lowest BCUT2D eigenvalue weighted by Crippen LogP contribution is -2.12. The Morgan fingerprint density at radius 2 is 1.63 bits per heavy atom. The lowest BCUT2D eigenvalue weighted by atomic mass is 10.1. The van der Waals surface area contributed by atoms with E-state index in [1.165, 1.54) is 14.2 Å². The molecule has 0 fully saturated rings. The summed E-state index contributed by atoms with van der Waals surface area (Å²) in [6.45, 7) is 5.53. The molecule has 0 aliphatic heterocycles. The first-order valence-electron chi connectivity index (χ1n) is 8.66. The third-order valence-electron chi connectivity index (χ3n) is 4.44. The van der Waals surface area contributed by atoms with Crippen LogP contribution in [0.25, 0.3) is 5.69 Å². The Hall–Kier alpha value is -3.02. The molecule has 0 amide bonds. The number of esters is 2. The van der Waals surface area contributed by atoms with E-state index in [9.17, 15) is 9.59 Å². The smallest absolute Gasteiger partial charge is 0.340 e. The zero-order valence-corrected chi connectivity index (χ0v) is 16.2. The molecule has 0 saturated heterocycles. The van der Waals surface area contributed by atoms with Crippen LogP contribution in [-0.4, -0.2) is 37.8 Å². The largest absolute Gasteiger partial charge is 0.497 e. The van der Waals surface area contributed by atoms with Crippen molar-refractivity contribution in [3.8, 4) is 11.4 Å². The molecule has 0 aliphatic rings. The molecular weight excluding hydrogens is 346 g/mol. The summed E-state index contributed by atoms with van der Waals surface area (Å²) < 4.78 is 17.0. The highest BCUT2D eigenvalue weighted by Crippen LogP contribution is 2.30. The SMILES string of the molecule is C=CCCCc1c(C(=O)OC)c(C(=O)OC)c(C)n1-c1ccc(OC)cc1. The van der Waals surface area contributed by atoms with Crippen LogP contribution in [0.5, 0.6) is 5.75 Å². The molecular formula is C21H25NO5. The first kappa shape index (κ1) is 20.3. The minimum atomic E-state index is -0.565. The van der Waals surface area contributed by atoms with E-state index in [0.29, 0.717) is 17.8 Å². The average Bonchev–Trinajstić information content (AvgIpc) is 2.99. The van der Waals surface area contributed by atoms with Gasteiger partial charge in [-0.25, -0.2) is 9.59 Å². The quantitative estimate of drug-likeness (QED) is 0.400. The first-order valence-corrected chi connectivity index (χ1v) is 8.66. The van der Waals surface area contributed by atoms with E-state index in [1.54, 1.807) is 14.0 Å². The third kappa shape index (κ3) is 4.05. The Bertz CT molecular complexity index is 833. The Labute approximate surface area is 159 Å². The van der Waals surface area contributed by atoms with E-state index in [1.807, 2.05) is 34.9 Å². The Morgan fingerprint density at radius 3 is 2.15 bits per heavy atom. The molecule has 6 nitrogen and oxygen atoms in total. The van der Waals surface area contributed by atoms with Gasteiger partial charge in [0.05, 0.1) is 32.5 Å². The maximum absolute atomic E-state index is 12.5. The highest BCUT2D eigenvalue weighted by Gasteiger charge is 2.30. The number of aromatic nitrogens is 1. The van der Waals surface area contributed by atoms with Crippen molar-refractivity contribution in [2.75, 3.05) is 21.3 Å². The van der Waals surface area contributed by atoms with Gasteiger partial charge in [0.25, 0.3) is 0 Å². The van der Waals surface area contributed by atoms with E-state index < -0.39 is 11.9 Å². The number of allylic oxidation sites excluding steroid dienone is 1. The highest BCUT2D eigenvalue weighted by molar-refractivity contribution is 6.05.